The molecule has 0 saturated carbocycles. The molecule has 33 heavy (non-hydrogen) atoms. The number of piperazine rings is 1. The van der Waals surface area contributed by atoms with E-state index in [0.29, 0.717) is 6.54 Å². The van der Waals surface area contributed by atoms with Crippen LogP contribution in [0.1, 0.15) is 26.3 Å². The molecule has 1 amide bonds. The second-order valence-electron chi connectivity index (χ2n) is 7.41. The van der Waals surface area contributed by atoms with E-state index in [9.17, 15) is 4.79 Å². The molecule has 0 radical (unpaired) electrons. The van der Waals surface area contributed by atoms with Crippen molar-refractivity contribution < 1.29 is 9.53 Å². The van der Waals surface area contributed by atoms with Gasteiger partial charge < -0.3 is 19.9 Å². The number of hydrogen-bond donors (Lipinski definition) is 1. The van der Waals surface area contributed by atoms with Gasteiger partial charge in [-0.3, -0.25) is 9.69 Å². The van der Waals surface area contributed by atoms with Crippen LogP contribution in [-0.4, -0.2) is 66.1 Å². The molecule has 0 unspecified atom stereocenters. The topological polar surface area (TPSA) is 87.5 Å². The van der Waals surface area contributed by atoms with E-state index >= 15 is 0 Å². The molecule has 1 aromatic carbocycles. The van der Waals surface area contributed by atoms with Crippen LogP contribution in [-0.2, 0) is 18.3 Å². The normalized spacial score (nSPS) is 14.1. The number of aromatic nitrogens is 1. The number of nitrogens with two attached hydrogens (primary N) is 1. The van der Waals surface area contributed by atoms with E-state index in [1.165, 1.54) is 5.56 Å². The predicted octanol–water partition coefficient (Wildman–Crippen LogP) is 3.50. The number of allylic oxidation sites excluding steroid dienone is 3. The quantitative estimate of drug-likeness (QED) is 0.618. The Balaban J connectivity index is 0.00000129. The number of carbonyl (C=O) groups excluding carboxylic acids is 1. The highest BCUT2D eigenvalue weighted by Gasteiger charge is 2.20. The van der Waals surface area contributed by atoms with Crippen molar-refractivity contribution in [1.82, 2.24) is 14.4 Å². The first-order valence-electron chi connectivity index (χ1n) is 11.6. The summed E-state index contributed by atoms with van der Waals surface area (Å²) in [7, 11) is 2.03. The molecule has 180 valence electrons. The number of fused-ring (bicyclic) bond motifs is 1. The molecule has 1 saturated heterocycles. The van der Waals surface area contributed by atoms with Crippen LogP contribution in [0.4, 0.5) is 0 Å². The average molecular weight is 454 g/mol. The Morgan fingerprint density at radius 2 is 1.88 bits per heavy atom. The van der Waals surface area contributed by atoms with Crippen molar-refractivity contribution in [2.45, 2.75) is 27.2 Å². The summed E-state index contributed by atoms with van der Waals surface area (Å²) in [6, 6.07) is 5.98. The van der Waals surface area contributed by atoms with Crippen LogP contribution >= 0.6 is 0 Å². The van der Waals surface area contributed by atoms with Crippen molar-refractivity contribution in [3.05, 3.63) is 54.3 Å². The summed E-state index contributed by atoms with van der Waals surface area (Å²) < 4.78 is 7.93. The van der Waals surface area contributed by atoms with Crippen LogP contribution in [0.5, 0.6) is 5.75 Å². The molecule has 1 fully saturated rings. The molecule has 1 aliphatic heterocycles. The van der Waals surface area contributed by atoms with E-state index in [2.05, 4.69) is 34.4 Å². The lowest BCUT2D eigenvalue weighted by atomic mass is 10.1. The van der Waals surface area contributed by atoms with Gasteiger partial charge in [0.1, 0.15) is 5.75 Å². The number of nitrogens with zero attached hydrogens (tertiary/aromatic N) is 4. The van der Waals surface area contributed by atoms with Crippen LogP contribution in [0.2, 0.25) is 0 Å². The third kappa shape index (κ3) is 8.41. The third-order valence-corrected chi connectivity index (χ3v) is 5.35. The minimum absolute atomic E-state index is 0.0458. The van der Waals surface area contributed by atoms with Gasteiger partial charge in [-0.1, -0.05) is 38.2 Å². The van der Waals surface area contributed by atoms with Gasteiger partial charge >= 0.3 is 0 Å². The number of ether oxygens (including phenoxy) is 1. The summed E-state index contributed by atoms with van der Waals surface area (Å²) in [4.78, 5) is 16.8. The minimum atomic E-state index is 0.0458. The van der Waals surface area contributed by atoms with Gasteiger partial charge in [-0.15, -0.1) is 0 Å². The molecular formula is C26H39N5O2. The van der Waals surface area contributed by atoms with Gasteiger partial charge in [-0.2, -0.15) is 0 Å². The van der Waals surface area contributed by atoms with Crippen molar-refractivity contribution in [3.8, 4) is 12.3 Å². The van der Waals surface area contributed by atoms with Crippen LogP contribution in [0, 0.1) is 11.8 Å². The number of benzene rings is 1. The molecular weight excluding hydrogens is 414 g/mol. The van der Waals surface area contributed by atoms with E-state index in [0.717, 1.165) is 55.8 Å². The Kier molecular flexibility index (Phi) is 13.3. The minimum Gasteiger partial charge on any atom is -0.484 e. The monoisotopic (exact) mass is 453 g/mol. The first-order chi connectivity index (χ1) is 16.1. The van der Waals surface area contributed by atoms with Gasteiger partial charge in [0.2, 0.25) is 0 Å². The summed E-state index contributed by atoms with van der Waals surface area (Å²) in [5.41, 5.74) is 8.08. The van der Waals surface area contributed by atoms with Crippen molar-refractivity contribution in [2.75, 3.05) is 45.9 Å². The fraction of sp³-hybridized carbons (Fsp3) is 0.462. The maximum Gasteiger partial charge on any atom is 0.260 e. The summed E-state index contributed by atoms with van der Waals surface area (Å²) in [5, 5.41) is 7.64. The number of rotatable bonds is 8. The molecule has 7 heteroatoms. The third-order valence-electron chi connectivity index (χ3n) is 5.35. The van der Waals surface area contributed by atoms with Crippen LogP contribution in [0.25, 0.3) is 10.9 Å². The van der Waals surface area contributed by atoms with Gasteiger partial charge in [-0.25, -0.2) is 5.26 Å². The maximum absolute atomic E-state index is 12.6. The summed E-state index contributed by atoms with van der Waals surface area (Å²) >= 11 is 0. The smallest absolute Gasteiger partial charge is 0.260 e. The van der Waals surface area contributed by atoms with Crippen LogP contribution < -0.4 is 10.5 Å². The Morgan fingerprint density at radius 1 is 1.18 bits per heavy atom. The van der Waals surface area contributed by atoms with Gasteiger partial charge in [0.05, 0.1) is 0 Å². The fourth-order valence-electron chi connectivity index (χ4n) is 3.71. The highest BCUT2D eigenvalue weighted by atomic mass is 16.5. The molecule has 0 bridgehead atoms. The lowest BCUT2D eigenvalue weighted by molar-refractivity contribution is -0.135. The highest BCUT2D eigenvalue weighted by molar-refractivity contribution is 5.85. The first kappa shape index (κ1) is 28.0. The molecule has 0 aliphatic carbocycles. The maximum atomic E-state index is 12.6. The number of aryl methyl sites for hydroxylation is 1. The van der Waals surface area contributed by atoms with Crippen molar-refractivity contribution in [3.63, 3.8) is 0 Å². The van der Waals surface area contributed by atoms with Crippen molar-refractivity contribution in [1.29, 1.82) is 5.26 Å². The lowest BCUT2D eigenvalue weighted by Gasteiger charge is -2.34. The predicted molar refractivity (Wildman–Crippen MR) is 136 cm³/mol. The Morgan fingerprint density at radius 3 is 2.52 bits per heavy atom. The molecule has 2 heterocycles. The second-order valence-corrected chi connectivity index (χ2v) is 7.41. The zero-order chi connectivity index (χ0) is 24.6. The number of carbonyl (C=O) groups is 1. The summed E-state index contributed by atoms with van der Waals surface area (Å²) in [6.45, 7) is 14.4. The molecule has 3 rings (SSSR count). The SMILES string of the molecule is C#N.C/C=C\C=C/CN1CCN(C(=O)COc2ccc3c(c2)c(CCN)cn3C)CC1.CC. The van der Waals surface area contributed by atoms with Crippen molar-refractivity contribution in [2.24, 2.45) is 12.8 Å². The van der Waals surface area contributed by atoms with E-state index in [1.807, 2.05) is 63.1 Å². The molecule has 2 N–H and O–H groups in total. The van der Waals surface area contributed by atoms with Gasteiger partial charge in [0, 0.05) is 63.4 Å². The molecule has 2 aromatic rings. The van der Waals surface area contributed by atoms with Crippen molar-refractivity contribution >= 4 is 16.8 Å². The largest absolute Gasteiger partial charge is 0.484 e. The molecule has 1 aromatic heterocycles. The number of amides is 1. The van der Waals surface area contributed by atoms with Gasteiger partial charge in [0.25, 0.3) is 5.91 Å². The van der Waals surface area contributed by atoms with Gasteiger partial charge in [-0.05, 0) is 43.7 Å². The van der Waals surface area contributed by atoms with E-state index < -0.39 is 0 Å². The number of hydrogen-bond acceptors (Lipinski definition) is 5. The summed E-state index contributed by atoms with van der Waals surface area (Å²) in [6.07, 6.45) is 11.2. The Hall–Kier alpha value is -3.08. The van der Waals surface area contributed by atoms with Gasteiger partial charge in [0.15, 0.2) is 6.61 Å². The Labute approximate surface area is 198 Å². The van der Waals surface area contributed by atoms with Crippen LogP contribution in [0.15, 0.2) is 48.7 Å². The van der Waals surface area contributed by atoms with Crippen LogP contribution in [0.3, 0.4) is 0 Å². The standard InChI is InChI=1S/C23H32N4O2.C2H6.CHN/c1-3-4-5-6-11-26-12-14-27(15-13-26)23(28)18-29-20-7-8-22-21(16-20)19(9-10-24)17-25(22)2;2*1-2/h3-8,16-17H,9-15,18,24H2,1-2H3;1-2H3;1H/b4-3-,6-5-;;. The highest BCUT2D eigenvalue weighted by Crippen LogP contribution is 2.26. The average Bonchev–Trinajstić information content (AvgIpc) is 3.18. The lowest BCUT2D eigenvalue weighted by Crippen LogP contribution is -2.49. The molecule has 7 nitrogen and oxygen atoms in total. The second kappa shape index (κ2) is 15.7. The Bertz CT molecular complexity index is 921. The zero-order valence-corrected chi connectivity index (χ0v) is 20.5. The van der Waals surface area contributed by atoms with E-state index in [4.69, 9.17) is 15.7 Å². The number of nitriles is 1. The molecule has 0 atom stereocenters. The van der Waals surface area contributed by atoms with E-state index in [1.54, 1.807) is 0 Å². The summed E-state index contributed by atoms with van der Waals surface area (Å²) in [5.74, 6) is 0.771. The fourth-order valence-corrected chi connectivity index (χ4v) is 3.71. The first-order valence-corrected chi connectivity index (χ1v) is 11.6. The molecule has 0 spiro atoms. The zero-order valence-electron chi connectivity index (χ0n) is 20.5. The van der Waals surface area contributed by atoms with E-state index in [-0.39, 0.29) is 12.5 Å². The molecule has 1 aliphatic rings.